The van der Waals surface area contributed by atoms with Crippen molar-refractivity contribution in [1.29, 1.82) is 0 Å². The molecule has 0 bridgehead atoms. The van der Waals surface area contributed by atoms with Crippen LogP contribution in [-0.4, -0.2) is 30.1 Å². The molecule has 3 N–H and O–H groups in total. The first-order valence-corrected chi connectivity index (χ1v) is 7.63. The van der Waals surface area contributed by atoms with Gasteiger partial charge in [0, 0.05) is 18.6 Å². The van der Waals surface area contributed by atoms with E-state index in [0.29, 0.717) is 19.8 Å². The molecular formula is C13H21N3O2S. The van der Waals surface area contributed by atoms with Gasteiger partial charge < -0.3 is 15.8 Å². The number of rotatable bonds is 5. The average molecular weight is 283 g/mol. The largest absolute Gasteiger partial charge is 0.381 e. The number of nitrogens with two attached hydrogens (primary N) is 1. The predicted molar refractivity (Wildman–Crippen MR) is 74.9 cm³/mol. The summed E-state index contributed by atoms with van der Waals surface area (Å²) in [6, 6.07) is -0.437. The minimum Gasteiger partial charge on any atom is -0.381 e. The van der Waals surface area contributed by atoms with E-state index in [1.807, 2.05) is 5.38 Å². The molecule has 1 unspecified atom stereocenters. The van der Waals surface area contributed by atoms with E-state index in [1.165, 1.54) is 0 Å². The number of hydrogen-bond donors (Lipinski definition) is 2. The highest BCUT2D eigenvalue weighted by atomic mass is 32.1. The summed E-state index contributed by atoms with van der Waals surface area (Å²) in [6.07, 6.45) is 2.66. The van der Waals surface area contributed by atoms with E-state index in [-0.39, 0.29) is 11.8 Å². The summed E-state index contributed by atoms with van der Waals surface area (Å²) in [5.74, 6) is 0.147. The summed E-state index contributed by atoms with van der Waals surface area (Å²) in [7, 11) is 0. The Kier molecular flexibility index (Phi) is 5.30. The zero-order valence-corrected chi connectivity index (χ0v) is 12.0. The molecule has 2 rings (SSSR count). The van der Waals surface area contributed by atoms with Gasteiger partial charge in [0.25, 0.3) is 0 Å². The van der Waals surface area contributed by atoms with Crippen LogP contribution in [0.1, 0.15) is 30.5 Å². The highest BCUT2D eigenvalue weighted by Crippen LogP contribution is 2.17. The van der Waals surface area contributed by atoms with Gasteiger partial charge in [-0.1, -0.05) is 6.92 Å². The Morgan fingerprint density at radius 3 is 3.00 bits per heavy atom. The van der Waals surface area contributed by atoms with Crippen molar-refractivity contribution in [3.8, 4) is 0 Å². The van der Waals surface area contributed by atoms with Crippen LogP contribution in [0.25, 0.3) is 0 Å². The Morgan fingerprint density at radius 1 is 1.63 bits per heavy atom. The lowest BCUT2D eigenvalue weighted by molar-refractivity contribution is -0.124. The molecule has 1 aliphatic heterocycles. The second kappa shape index (κ2) is 6.98. The SMILES string of the molecule is CCc1nc(CNC(=O)C(N)C2CCOCC2)cs1. The molecule has 1 fully saturated rings. The molecule has 0 aliphatic carbocycles. The third-order valence-electron chi connectivity index (χ3n) is 3.42. The van der Waals surface area contributed by atoms with Gasteiger partial charge in [-0.3, -0.25) is 4.79 Å². The molecule has 1 atom stereocenters. The van der Waals surface area contributed by atoms with Crippen LogP contribution in [0, 0.1) is 5.92 Å². The minimum absolute atomic E-state index is 0.0852. The topological polar surface area (TPSA) is 77.2 Å². The number of amides is 1. The number of nitrogens with zero attached hydrogens (tertiary/aromatic N) is 1. The van der Waals surface area contributed by atoms with Gasteiger partial charge in [0.05, 0.1) is 23.3 Å². The highest BCUT2D eigenvalue weighted by molar-refractivity contribution is 7.09. The fourth-order valence-electron chi connectivity index (χ4n) is 2.18. The molecule has 6 heteroatoms. The Labute approximate surface area is 117 Å². The van der Waals surface area contributed by atoms with Crippen LogP contribution in [0.3, 0.4) is 0 Å². The van der Waals surface area contributed by atoms with Crippen LogP contribution in [0.5, 0.6) is 0 Å². The first-order chi connectivity index (χ1) is 9.20. The van der Waals surface area contributed by atoms with Crippen molar-refractivity contribution in [1.82, 2.24) is 10.3 Å². The minimum atomic E-state index is -0.437. The van der Waals surface area contributed by atoms with Gasteiger partial charge in [-0.15, -0.1) is 11.3 Å². The Bertz CT molecular complexity index is 416. The molecule has 0 radical (unpaired) electrons. The summed E-state index contributed by atoms with van der Waals surface area (Å²) >= 11 is 1.63. The molecule has 1 aromatic heterocycles. The van der Waals surface area contributed by atoms with Crippen LogP contribution < -0.4 is 11.1 Å². The van der Waals surface area contributed by atoms with E-state index in [4.69, 9.17) is 10.5 Å². The first kappa shape index (κ1) is 14.4. The van der Waals surface area contributed by atoms with Crippen LogP contribution in [0.15, 0.2) is 5.38 Å². The molecule has 0 spiro atoms. The second-order valence-electron chi connectivity index (χ2n) is 4.78. The zero-order chi connectivity index (χ0) is 13.7. The van der Waals surface area contributed by atoms with E-state index in [9.17, 15) is 4.79 Å². The third-order valence-corrected chi connectivity index (χ3v) is 4.46. The standard InChI is InChI=1S/C13H21N3O2S/c1-2-11-16-10(8-19-11)7-15-13(17)12(14)9-3-5-18-6-4-9/h8-9,12H,2-7,14H2,1H3,(H,15,17). The summed E-state index contributed by atoms with van der Waals surface area (Å²) in [5, 5.41) is 5.95. The number of carbonyl (C=O) groups is 1. The smallest absolute Gasteiger partial charge is 0.237 e. The summed E-state index contributed by atoms with van der Waals surface area (Å²) < 4.78 is 5.28. The number of aromatic nitrogens is 1. The average Bonchev–Trinajstić information content (AvgIpc) is 2.93. The van der Waals surface area contributed by atoms with Crippen LogP contribution >= 0.6 is 11.3 Å². The number of nitrogens with one attached hydrogen (secondary N) is 1. The van der Waals surface area contributed by atoms with Crippen molar-refractivity contribution in [2.24, 2.45) is 11.7 Å². The molecule has 19 heavy (non-hydrogen) atoms. The van der Waals surface area contributed by atoms with Gasteiger partial charge >= 0.3 is 0 Å². The van der Waals surface area contributed by atoms with Crippen molar-refractivity contribution in [2.75, 3.05) is 13.2 Å². The van der Waals surface area contributed by atoms with E-state index in [1.54, 1.807) is 11.3 Å². The maximum Gasteiger partial charge on any atom is 0.237 e. The molecule has 106 valence electrons. The maximum atomic E-state index is 12.0. The van der Waals surface area contributed by atoms with Gasteiger partial charge in [-0.25, -0.2) is 4.98 Å². The van der Waals surface area contributed by atoms with Crippen LogP contribution in [-0.2, 0) is 22.5 Å². The Balaban J connectivity index is 1.79. The number of ether oxygens (including phenoxy) is 1. The molecule has 1 aromatic rings. The van der Waals surface area contributed by atoms with Crippen molar-refractivity contribution < 1.29 is 9.53 Å². The summed E-state index contributed by atoms with van der Waals surface area (Å²) in [4.78, 5) is 16.4. The predicted octanol–water partition coefficient (Wildman–Crippen LogP) is 1.08. The van der Waals surface area contributed by atoms with Gasteiger partial charge in [0.1, 0.15) is 0 Å². The fraction of sp³-hybridized carbons (Fsp3) is 0.692. The van der Waals surface area contributed by atoms with E-state index >= 15 is 0 Å². The Hall–Kier alpha value is -0.980. The third kappa shape index (κ3) is 3.99. The molecule has 1 saturated heterocycles. The van der Waals surface area contributed by atoms with Crippen molar-refractivity contribution in [3.05, 3.63) is 16.1 Å². The molecule has 5 nitrogen and oxygen atoms in total. The van der Waals surface area contributed by atoms with Gasteiger partial charge in [0.2, 0.25) is 5.91 Å². The van der Waals surface area contributed by atoms with Crippen molar-refractivity contribution in [2.45, 2.75) is 38.8 Å². The normalized spacial score (nSPS) is 18.2. The van der Waals surface area contributed by atoms with Gasteiger partial charge in [0.15, 0.2) is 0 Å². The summed E-state index contributed by atoms with van der Waals surface area (Å²) in [5.41, 5.74) is 6.91. The lowest BCUT2D eigenvalue weighted by atomic mass is 9.92. The molecular weight excluding hydrogens is 262 g/mol. The highest BCUT2D eigenvalue weighted by Gasteiger charge is 2.26. The van der Waals surface area contributed by atoms with Crippen molar-refractivity contribution >= 4 is 17.2 Å². The number of aryl methyl sites for hydroxylation is 1. The van der Waals surface area contributed by atoms with Crippen LogP contribution in [0.4, 0.5) is 0 Å². The zero-order valence-electron chi connectivity index (χ0n) is 11.2. The molecule has 1 aliphatic rings. The van der Waals surface area contributed by atoms with E-state index in [2.05, 4.69) is 17.2 Å². The molecule has 0 aromatic carbocycles. The molecule has 2 heterocycles. The maximum absolute atomic E-state index is 12.0. The number of carbonyl (C=O) groups excluding carboxylic acids is 1. The molecule has 0 saturated carbocycles. The number of thiazole rings is 1. The first-order valence-electron chi connectivity index (χ1n) is 6.75. The van der Waals surface area contributed by atoms with Crippen LogP contribution in [0.2, 0.25) is 0 Å². The van der Waals surface area contributed by atoms with Gasteiger partial charge in [-0.2, -0.15) is 0 Å². The van der Waals surface area contributed by atoms with Gasteiger partial charge in [-0.05, 0) is 25.2 Å². The Morgan fingerprint density at radius 2 is 2.37 bits per heavy atom. The lowest BCUT2D eigenvalue weighted by Crippen LogP contribution is -2.46. The molecule has 1 amide bonds. The summed E-state index contributed by atoms with van der Waals surface area (Å²) in [6.45, 7) is 3.95. The van der Waals surface area contributed by atoms with Crippen molar-refractivity contribution in [3.63, 3.8) is 0 Å². The monoisotopic (exact) mass is 283 g/mol. The number of hydrogen-bond acceptors (Lipinski definition) is 5. The lowest BCUT2D eigenvalue weighted by Gasteiger charge is -2.26. The quantitative estimate of drug-likeness (QED) is 0.847. The fourth-order valence-corrected chi connectivity index (χ4v) is 2.92. The second-order valence-corrected chi connectivity index (χ2v) is 5.72. The van der Waals surface area contributed by atoms with E-state index < -0.39 is 6.04 Å². The van der Waals surface area contributed by atoms with E-state index in [0.717, 1.165) is 30.0 Å².